The van der Waals surface area contributed by atoms with Gasteiger partial charge in [0, 0.05) is 24.7 Å². The van der Waals surface area contributed by atoms with E-state index >= 15 is 0 Å². The van der Waals surface area contributed by atoms with Crippen LogP contribution in [0.5, 0.6) is 23.0 Å². The summed E-state index contributed by atoms with van der Waals surface area (Å²) in [6.45, 7) is 6.84. The SMILES string of the molecule is CCCC1C=CC(NC(=O)c2cc(Oc3ccc4c(c3)OCCN(C)C4=O)cc(OC(C)C)c2)=N1. The maximum atomic E-state index is 13.0. The minimum Gasteiger partial charge on any atom is -0.491 e. The van der Waals surface area contributed by atoms with Crippen molar-refractivity contribution in [2.24, 2.45) is 4.99 Å². The molecule has 0 fully saturated rings. The van der Waals surface area contributed by atoms with Crippen LogP contribution in [0.15, 0.2) is 53.5 Å². The topological polar surface area (TPSA) is 89.5 Å². The number of nitrogens with zero attached hydrogens (tertiary/aromatic N) is 2. The molecule has 0 bridgehead atoms. The van der Waals surface area contributed by atoms with Crippen molar-refractivity contribution < 1.29 is 23.8 Å². The van der Waals surface area contributed by atoms with E-state index in [1.54, 1.807) is 48.3 Å². The molecule has 2 aliphatic heterocycles. The van der Waals surface area contributed by atoms with Gasteiger partial charge in [0.25, 0.3) is 11.8 Å². The zero-order chi connectivity index (χ0) is 24.9. The fourth-order valence-corrected chi connectivity index (χ4v) is 3.89. The zero-order valence-corrected chi connectivity index (χ0v) is 20.5. The summed E-state index contributed by atoms with van der Waals surface area (Å²) in [5.41, 5.74) is 0.872. The van der Waals surface area contributed by atoms with Crippen LogP contribution >= 0.6 is 0 Å². The Bertz CT molecular complexity index is 1170. The van der Waals surface area contributed by atoms with E-state index in [1.165, 1.54) is 0 Å². The Kier molecular flexibility index (Phi) is 7.39. The largest absolute Gasteiger partial charge is 0.491 e. The molecule has 1 N–H and O–H groups in total. The van der Waals surface area contributed by atoms with E-state index in [0.29, 0.717) is 53.1 Å². The minimum atomic E-state index is -0.302. The first-order valence-corrected chi connectivity index (χ1v) is 11.9. The van der Waals surface area contributed by atoms with Crippen LogP contribution in [0.3, 0.4) is 0 Å². The van der Waals surface area contributed by atoms with Crippen LogP contribution in [-0.4, -0.2) is 54.9 Å². The Hall–Kier alpha value is -3.81. The number of likely N-dealkylation sites (N-methyl/N-ethyl adjacent to an activating group) is 1. The van der Waals surface area contributed by atoms with Gasteiger partial charge in [0.15, 0.2) is 0 Å². The molecule has 184 valence electrons. The lowest BCUT2D eigenvalue weighted by Crippen LogP contribution is -2.28. The van der Waals surface area contributed by atoms with Crippen LogP contribution in [-0.2, 0) is 0 Å². The Labute approximate surface area is 205 Å². The highest BCUT2D eigenvalue weighted by Gasteiger charge is 2.22. The van der Waals surface area contributed by atoms with Crippen LogP contribution in [0.4, 0.5) is 0 Å². The number of hydrogen-bond acceptors (Lipinski definition) is 6. The molecule has 8 heteroatoms. The third-order valence-electron chi connectivity index (χ3n) is 5.57. The number of hydrogen-bond donors (Lipinski definition) is 1. The highest BCUT2D eigenvalue weighted by Crippen LogP contribution is 2.33. The second kappa shape index (κ2) is 10.6. The molecule has 0 spiro atoms. The molecule has 2 aromatic rings. The number of benzene rings is 2. The smallest absolute Gasteiger partial charge is 0.257 e. The van der Waals surface area contributed by atoms with Crippen LogP contribution < -0.4 is 19.5 Å². The highest BCUT2D eigenvalue weighted by molar-refractivity contribution is 6.11. The molecule has 0 aromatic heterocycles. The summed E-state index contributed by atoms with van der Waals surface area (Å²) in [7, 11) is 1.74. The van der Waals surface area contributed by atoms with Gasteiger partial charge in [-0.25, -0.2) is 0 Å². The molecule has 0 radical (unpaired) electrons. The molecule has 2 aliphatic rings. The number of ether oxygens (including phenoxy) is 3. The van der Waals surface area contributed by atoms with Gasteiger partial charge in [-0.15, -0.1) is 0 Å². The van der Waals surface area contributed by atoms with Gasteiger partial charge in [-0.1, -0.05) is 19.4 Å². The van der Waals surface area contributed by atoms with Crippen LogP contribution in [0, 0.1) is 0 Å². The average molecular weight is 478 g/mol. The van der Waals surface area contributed by atoms with Crippen LogP contribution in [0.2, 0.25) is 0 Å². The van der Waals surface area contributed by atoms with E-state index in [9.17, 15) is 9.59 Å². The van der Waals surface area contributed by atoms with Crippen molar-refractivity contribution in [2.75, 3.05) is 20.2 Å². The molecule has 2 amide bonds. The van der Waals surface area contributed by atoms with Crippen LogP contribution in [0.25, 0.3) is 0 Å². The van der Waals surface area contributed by atoms with Crippen molar-refractivity contribution in [1.82, 2.24) is 10.2 Å². The van der Waals surface area contributed by atoms with Crippen molar-refractivity contribution >= 4 is 17.6 Å². The zero-order valence-electron chi connectivity index (χ0n) is 20.5. The van der Waals surface area contributed by atoms with E-state index < -0.39 is 0 Å². The van der Waals surface area contributed by atoms with Gasteiger partial charge in [-0.3, -0.25) is 14.6 Å². The summed E-state index contributed by atoms with van der Waals surface area (Å²) < 4.78 is 17.7. The van der Waals surface area contributed by atoms with E-state index in [0.717, 1.165) is 12.8 Å². The summed E-state index contributed by atoms with van der Waals surface area (Å²) in [6, 6.07) is 10.2. The molecule has 0 aliphatic carbocycles. The predicted octanol–water partition coefficient (Wildman–Crippen LogP) is 4.60. The Morgan fingerprint density at radius 1 is 1.20 bits per heavy atom. The molecule has 2 aromatic carbocycles. The number of fused-ring (bicyclic) bond motifs is 1. The summed E-state index contributed by atoms with van der Waals surface area (Å²) in [5.74, 6) is 2.04. The molecular weight excluding hydrogens is 446 g/mol. The van der Waals surface area contributed by atoms with E-state index in [2.05, 4.69) is 17.2 Å². The first kappa shape index (κ1) is 24.3. The Morgan fingerprint density at radius 2 is 2.00 bits per heavy atom. The molecular formula is C27H31N3O5. The van der Waals surface area contributed by atoms with Gasteiger partial charge in [-0.2, -0.15) is 0 Å². The predicted molar refractivity (Wildman–Crippen MR) is 134 cm³/mol. The lowest BCUT2D eigenvalue weighted by molar-refractivity contribution is 0.0796. The quantitative estimate of drug-likeness (QED) is 0.630. The number of aliphatic imine (C=N–C) groups is 1. The van der Waals surface area contributed by atoms with Crippen molar-refractivity contribution in [3.63, 3.8) is 0 Å². The van der Waals surface area contributed by atoms with E-state index in [4.69, 9.17) is 14.2 Å². The molecule has 1 unspecified atom stereocenters. The van der Waals surface area contributed by atoms with E-state index in [1.807, 2.05) is 26.0 Å². The standard InChI is InChI=1S/C27H31N3O5/c1-5-6-19-7-10-25(28-19)29-26(31)18-13-21(34-17(2)3)15-22(14-18)35-20-8-9-23-24(16-20)33-12-11-30(4)27(23)32/h7-10,13-17,19H,5-6,11-12H2,1-4H3,(H,28,29,31). The van der Waals surface area contributed by atoms with Gasteiger partial charge in [0.1, 0.15) is 35.4 Å². The molecule has 1 atom stereocenters. The molecule has 4 rings (SSSR count). The maximum Gasteiger partial charge on any atom is 0.257 e. The number of carbonyl (C=O) groups excluding carboxylic acids is 2. The number of amides is 2. The van der Waals surface area contributed by atoms with Crippen molar-refractivity contribution in [2.45, 2.75) is 45.8 Å². The third-order valence-corrected chi connectivity index (χ3v) is 5.57. The maximum absolute atomic E-state index is 13.0. The number of rotatable bonds is 7. The van der Waals surface area contributed by atoms with Gasteiger partial charge in [0.05, 0.1) is 24.3 Å². The molecule has 0 saturated carbocycles. The molecule has 35 heavy (non-hydrogen) atoms. The fraction of sp³-hybridized carbons (Fsp3) is 0.370. The van der Waals surface area contributed by atoms with Crippen molar-refractivity contribution in [3.05, 3.63) is 59.7 Å². The first-order valence-electron chi connectivity index (χ1n) is 11.9. The van der Waals surface area contributed by atoms with Gasteiger partial charge >= 0.3 is 0 Å². The average Bonchev–Trinajstić information content (AvgIpc) is 3.19. The molecule has 0 saturated heterocycles. The van der Waals surface area contributed by atoms with Crippen molar-refractivity contribution in [1.29, 1.82) is 0 Å². The molecule has 2 heterocycles. The summed E-state index contributed by atoms with van der Waals surface area (Å²) in [6.07, 6.45) is 5.71. The second-order valence-electron chi connectivity index (χ2n) is 8.88. The van der Waals surface area contributed by atoms with E-state index in [-0.39, 0.29) is 24.0 Å². The number of nitrogens with one attached hydrogen (secondary N) is 1. The third kappa shape index (κ3) is 6.01. The summed E-state index contributed by atoms with van der Waals surface area (Å²) >= 11 is 0. The minimum absolute atomic E-state index is 0.0815. The monoisotopic (exact) mass is 477 g/mol. The molecule has 8 nitrogen and oxygen atoms in total. The highest BCUT2D eigenvalue weighted by atomic mass is 16.5. The lowest BCUT2D eigenvalue weighted by Gasteiger charge is -2.15. The fourth-order valence-electron chi connectivity index (χ4n) is 3.89. The summed E-state index contributed by atoms with van der Waals surface area (Å²) in [4.78, 5) is 31.7. The van der Waals surface area contributed by atoms with Gasteiger partial charge in [-0.05, 0) is 50.6 Å². The Morgan fingerprint density at radius 3 is 2.77 bits per heavy atom. The van der Waals surface area contributed by atoms with Gasteiger partial charge in [0.2, 0.25) is 0 Å². The first-order chi connectivity index (χ1) is 16.8. The number of amidine groups is 1. The van der Waals surface area contributed by atoms with Crippen molar-refractivity contribution in [3.8, 4) is 23.0 Å². The number of carbonyl (C=O) groups is 2. The second-order valence-corrected chi connectivity index (χ2v) is 8.88. The Balaban J connectivity index is 1.57. The van der Waals surface area contributed by atoms with Crippen LogP contribution in [0.1, 0.15) is 54.3 Å². The lowest BCUT2D eigenvalue weighted by atomic mass is 10.1. The summed E-state index contributed by atoms with van der Waals surface area (Å²) in [5, 5.41) is 2.86. The van der Waals surface area contributed by atoms with Gasteiger partial charge < -0.3 is 24.4 Å². The normalized spacial score (nSPS) is 16.9.